The molecule has 0 aromatic carbocycles. The molecule has 0 bridgehead atoms. The quantitative estimate of drug-likeness (QED) is 0.603. The standard InChI is InChI=1S/C14H20ClN3S/c1-10-11(2)19-14-12(10)13(17-9-18-14)16-8-6-4-3-5-7-15/h9H,3-8H2,1-2H3,(H,16,17,18). The van der Waals surface area contributed by atoms with Gasteiger partial charge in [0.1, 0.15) is 17.0 Å². The third-order valence-electron chi connectivity index (χ3n) is 3.32. The van der Waals surface area contributed by atoms with Crippen LogP contribution in [0.5, 0.6) is 0 Å². The average molecular weight is 298 g/mol. The molecule has 5 heteroatoms. The smallest absolute Gasteiger partial charge is 0.138 e. The van der Waals surface area contributed by atoms with Crippen LogP contribution in [0.15, 0.2) is 6.33 Å². The Labute approximate surface area is 123 Å². The molecule has 0 unspecified atom stereocenters. The molecule has 0 amide bonds. The Morgan fingerprint density at radius 1 is 1.16 bits per heavy atom. The lowest BCUT2D eigenvalue weighted by Crippen LogP contribution is -2.04. The van der Waals surface area contributed by atoms with E-state index in [0.29, 0.717) is 0 Å². The lowest BCUT2D eigenvalue weighted by molar-refractivity contribution is 0.687. The molecular weight excluding hydrogens is 278 g/mol. The molecule has 0 atom stereocenters. The van der Waals surface area contributed by atoms with Crippen LogP contribution in [0.1, 0.15) is 36.1 Å². The first kappa shape index (κ1) is 14.5. The molecule has 2 aromatic rings. The Morgan fingerprint density at radius 3 is 2.74 bits per heavy atom. The highest BCUT2D eigenvalue weighted by molar-refractivity contribution is 7.18. The van der Waals surface area contributed by atoms with Gasteiger partial charge in [0.2, 0.25) is 0 Å². The minimum atomic E-state index is 0.771. The molecule has 0 saturated heterocycles. The van der Waals surface area contributed by atoms with Crippen molar-refractivity contribution in [2.45, 2.75) is 39.5 Å². The lowest BCUT2D eigenvalue weighted by Gasteiger charge is -2.07. The molecule has 3 nitrogen and oxygen atoms in total. The number of hydrogen-bond donors (Lipinski definition) is 1. The van der Waals surface area contributed by atoms with Crippen molar-refractivity contribution in [1.29, 1.82) is 0 Å². The number of unbranched alkanes of at least 4 members (excludes halogenated alkanes) is 3. The van der Waals surface area contributed by atoms with E-state index in [-0.39, 0.29) is 0 Å². The van der Waals surface area contributed by atoms with E-state index in [1.165, 1.54) is 28.7 Å². The van der Waals surface area contributed by atoms with Crippen molar-refractivity contribution < 1.29 is 0 Å². The maximum Gasteiger partial charge on any atom is 0.138 e. The highest BCUT2D eigenvalue weighted by Gasteiger charge is 2.11. The van der Waals surface area contributed by atoms with Gasteiger partial charge in [-0.2, -0.15) is 0 Å². The summed E-state index contributed by atoms with van der Waals surface area (Å²) in [5.41, 5.74) is 1.30. The van der Waals surface area contributed by atoms with Crippen molar-refractivity contribution in [2.24, 2.45) is 0 Å². The van der Waals surface area contributed by atoms with Crippen LogP contribution in [0.25, 0.3) is 10.2 Å². The molecule has 0 aliphatic carbocycles. The van der Waals surface area contributed by atoms with Gasteiger partial charge in [-0.15, -0.1) is 22.9 Å². The number of thiophene rings is 1. The Bertz CT molecular complexity index is 539. The predicted molar refractivity (Wildman–Crippen MR) is 84.6 cm³/mol. The van der Waals surface area contributed by atoms with E-state index in [9.17, 15) is 0 Å². The van der Waals surface area contributed by atoms with Crippen molar-refractivity contribution in [2.75, 3.05) is 17.7 Å². The zero-order chi connectivity index (χ0) is 13.7. The van der Waals surface area contributed by atoms with E-state index in [0.717, 1.165) is 35.9 Å². The van der Waals surface area contributed by atoms with E-state index < -0.39 is 0 Å². The highest BCUT2D eigenvalue weighted by atomic mass is 35.5. The largest absolute Gasteiger partial charge is 0.369 e. The predicted octanol–water partition coefficient (Wildman–Crippen LogP) is 4.52. The lowest BCUT2D eigenvalue weighted by atomic mass is 10.2. The zero-order valence-electron chi connectivity index (χ0n) is 11.5. The Hall–Kier alpha value is -0.870. The number of aryl methyl sites for hydroxylation is 2. The fraction of sp³-hybridized carbons (Fsp3) is 0.571. The number of nitrogens with zero attached hydrogens (tertiary/aromatic N) is 2. The van der Waals surface area contributed by atoms with Crippen LogP contribution in [-0.2, 0) is 0 Å². The van der Waals surface area contributed by atoms with Crippen molar-refractivity contribution in [3.05, 3.63) is 16.8 Å². The summed E-state index contributed by atoms with van der Waals surface area (Å²) in [7, 11) is 0. The second kappa shape index (κ2) is 7.06. The SMILES string of the molecule is Cc1sc2ncnc(NCCCCCCCl)c2c1C. The van der Waals surface area contributed by atoms with Gasteiger partial charge in [0, 0.05) is 17.3 Å². The molecule has 104 valence electrons. The normalized spacial score (nSPS) is 11.1. The van der Waals surface area contributed by atoms with Crippen LogP contribution in [0.3, 0.4) is 0 Å². The number of nitrogens with one attached hydrogen (secondary N) is 1. The molecule has 0 saturated carbocycles. The van der Waals surface area contributed by atoms with Crippen LogP contribution < -0.4 is 5.32 Å². The van der Waals surface area contributed by atoms with Gasteiger partial charge in [-0.1, -0.05) is 12.8 Å². The van der Waals surface area contributed by atoms with E-state index in [1.54, 1.807) is 17.7 Å². The summed E-state index contributed by atoms with van der Waals surface area (Å²) in [5, 5.41) is 4.63. The Kier molecular flexibility index (Phi) is 5.40. The van der Waals surface area contributed by atoms with Crippen LogP contribution in [-0.4, -0.2) is 22.4 Å². The second-order valence-corrected chi connectivity index (χ2v) is 6.30. The zero-order valence-corrected chi connectivity index (χ0v) is 13.1. The Morgan fingerprint density at radius 2 is 1.95 bits per heavy atom. The van der Waals surface area contributed by atoms with Gasteiger partial charge in [0.05, 0.1) is 5.39 Å². The third kappa shape index (κ3) is 3.57. The van der Waals surface area contributed by atoms with E-state index in [2.05, 4.69) is 29.1 Å². The first-order chi connectivity index (χ1) is 9.24. The summed E-state index contributed by atoms with van der Waals surface area (Å²) in [5.74, 6) is 1.75. The number of alkyl halides is 1. The molecular formula is C14H20ClN3S. The summed E-state index contributed by atoms with van der Waals surface area (Å²) in [6.07, 6.45) is 6.34. The molecule has 2 aromatic heterocycles. The molecule has 2 heterocycles. The molecule has 2 rings (SSSR count). The molecule has 0 aliphatic rings. The minimum absolute atomic E-state index is 0.771. The number of rotatable bonds is 7. The summed E-state index contributed by atoms with van der Waals surface area (Å²) in [4.78, 5) is 11.1. The van der Waals surface area contributed by atoms with Gasteiger partial charge in [-0.05, 0) is 32.3 Å². The van der Waals surface area contributed by atoms with Gasteiger partial charge in [0.25, 0.3) is 0 Å². The minimum Gasteiger partial charge on any atom is -0.369 e. The van der Waals surface area contributed by atoms with Gasteiger partial charge in [0.15, 0.2) is 0 Å². The topological polar surface area (TPSA) is 37.8 Å². The molecule has 19 heavy (non-hydrogen) atoms. The van der Waals surface area contributed by atoms with Gasteiger partial charge in [-0.25, -0.2) is 9.97 Å². The van der Waals surface area contributed by atoms with Gasteiger partial charge >= 0.3 is 0 Å². The van der Waals surface area contributed by atoms with Crippen LogP contribution in [0.2, 0.25) is 0 Å². The first-order valence-corrected chi connectivity index (χ1v) is 8.09. The second-order valence-electron chi connectivity index (χ2n) is 4.72. The summed E-state index contributed by atoms with van der Waals surface area (Å²) in [6.45, 7) is 5.24. The van der Waals surface area contributed by atoms with Crippen molar-refractivity contribution in [1.82, 2.24) is 9.97 Å². The summed E-state index contributed by atoms with van der Waals surface area (Å²) < 4.78 is 0. The molecule has 1 N–H and O–H groups in total. The van der Waals surface area contributed by atoms with Crippen molar-refractivity contribution >= 4 is 39.0 Å². The molecule has 0 aliphatic heterocycles. The van der Waals surface area contributed by atoms with E-state index >= 15 is 0 Å². The Balaban J connectivity index is 1.97. The van der Waals surface area contributed by atoms with Crippen LogP contribution in [0.4, 0.5) is 5.82 Å². The number of halogens is 1. The number of anilines is 1. The maximum absolute atomic E-state index is 5.66. The maximum atomic E-state index is 5.66. The fourth-order valence-corrected chi connectivity index (χ4v) is 3.28. The fourth-order valence-electron chi connectivity index (χ4n) is 2.10. The van der Waals surface area contributed by atoms with E-state index in [1.807, 2.05) is 0 Å². The van der Waals surface area contributed by atoms with Crippen LogP contribution >= 0.6 is 22.9 Å². The van der Waals surface area contributed by atoms with Crippen LogP contribution in [0, 0.1) is 13.8 Å². The average Bonchev–Trinajstić information content (AvgIpc) is 2.70. The highest BCUT2D eigenvalue weighted by Crippen LogP contribution is 2.32. The third-order valence-corrected chi connectivity index (χ3v) is 4.70. The number of hydrogen-bond acceptors (Lipinski definition) is 4. The molecule has 0 spiro atoms. The molecule has 0 radical (unpaired) electrons. The monoisotopic (exact) mass is 297 g/mol. The van der Waals surface area contributed by atoms with Crippen molar-refractivity contribution in [3.63, 3.8) is 0 Å². The first-order valence-electron chi connectivity index (χ1n) is 6.74. The van der Waals surface area contributed by atoms with Crippen molar-refractivity contribution in [3.8, 4) is 0 Å². The molecule has 0 fully saturated rings. The van der Waals surface area contributed by atoms with E-state index in [4.69, 9.17) is 11.6 Å². The summed E-state index contributed by atoms with van der Waals surface area (Å²) >= 11 is 7.40. The van der Waals surface area contributed by atoms with Gasteiger partial charge in [-0.3, -0.25) is 0 Å². The van der Waals surface area contributed by atoms with Gasteiger partial charge < -0.3 is 5.32 Å². The number of fused-ring (bicyclic) bond motifs is 1. The summed E-state index contributed by atoms with van der Waals surface area (Å²) in [6, 6.07) is 0. The number of aromatic nitrogens is 2.